The molecule has 5 heteroatoms. The summed E-state index contributed by atoms with van der Waals surface area (Å²) in [6, 6.07) is 14.9. The van der Waals surface area contributed by atoms with Crippen molar-refractivity contribution in [2.45, 2.75) is 6.92 Å². The molecule has 0 atom stereocenters. The Morgan fingerprint density at radius 2 is 2.05 bits per heavy atom. The standard InChI is InChI=1S/C16H14ClN3O/c1-12-2-5-14(10-16(12)17)20-19-11-13-3-6-15(7-4-13)21-9-8-18/h2-7,10-11,20H,9H2,1H3/b19-11-. The van der Waals surface area contributed by atoms with E-state index in [1.807, 2.05) is 43.3 Å². The quantitative estimate of drug-likeness (QED) is 0.670. The smallest absolute Gasteiger partial charge is 0.174 e. The molecule has 106 valence electrons. The van der Waals surface area contributed by atoms with Gasteiger partial charge in [0, 0.05) is 5.02 Å². The second-order valence-electron chi connectivity index (χ2n) is 4.35. The Balaban J connectivity index is 1.94. The first kappa shape index (κ1) is 14.9. The molecule has 0 heterocycles. The monoisotopic (exact) mass is 299 g/mol. The van der Waals surface area contributed by atoms with Gasteiger partial charge in [-0.05, 0) is 54.4 Å². The normalized spacial score (nSPS) is 10.3. The number of benzene rings is 2. The summed E-state index contributed by atoms with van der Waals surface area (Å²) in [4.78, 5) is 0. The maximum absolute atomic E-state index is 8.43. The van der Waals surface area contributed by atoms with Gasteiger partial charge < -0.3 is 4.74 Å². The number of nitrogens with one attached hydrogen (secondary N) is 1. The zero-order valence-electron chi connectivity index (χ0n) is 11.5. The molecule has 0 aliphatic carbocycles. The number of halogens is 1. The first-order valence-electron chi connectivity index (χ1n) is 6.34. The number of rotatable bonds is 5. The zero-order chi connectivity index (χ0) is 15.1. The van der Waals surface area contributed by atoms with Gasteiger partial charge in [0.1, 0.15) is 11.8 Å². The average molecular weight is 300 g/mol. The largest absolute Gasteiger partial charge is 0.479 e. The maximum Gasteiger partial charge on any atom is 0.174 e. The van der Waals surface area contributed by atoms with Gasteiger partial charge in [0.25, 0.3) is 0 Å². The Morgan fingerprint density at radius 3 is 2.71 bits per heavy atom. The minimum atomic E-state index is 0.0448. The lowest BCUT2D eigenvalue weighted by molar-refractivity contribution is 0.368. The van der Waals surface area contributed by atoms with E-state index in [0.717, 1.165) is 16.8 Å². The highest BCUT2D eigenvalue weighted by Gasteiger charge is 1.96. The first-order valence-corrected chi connectivity index (χ1v) is 6.72. The van der Waals surface area contributed by atoms with E-state index < -0.39 is 0 Å². The van der Waals surface area contributed by atoms with Crippen molar-refractivity contribution in [2.24, 2.45) is 5.10 Å². The van der Waals surface area contributed by atoms with E-state index in [0.29, 0.717) is 10.8 Å². The molecule has 0 saturated carbocycles. The molecule has 1 N–H and O–H groups in total. The van der Waals surface area contributed by atoms with Gasteiger partial charge in [0.05, 0.1) is 11.9 Å². The minimum absolute atomic E-state index is 0.0448. The van der Waals surface area contributed by atoms with E-state index in [9.17, 15) is 0 Å². The van der Waals surface area contributed by atoms with E-state index in [1.165, 1.54) is 0 Å². The van der Waals surface area contributed by atoms with E-state index in [-0.39, 0.29) is 6.61 Å². The van der Waals surface area contributed by atoms with Gasteiger partial charge in [-0.3, -0.25) is 5.43 Å². The van der Waals surface area contributed by atoms with Crippen molar-refractivity contribution in [3.8, 4) is 11.8 Å². The van der Waals surface area contributed by atoms with Crippen LogP contribution in [-0.2, 0) is 0 Å². The van der Waals surface area contributed by atoms with Crippen LogP contribution in [0.2, 0.25) is 5.02 Å². The van der Waals surface area contributed by atoms with E-state index in [1.54, 1.807) is 18.3 Å². The van der Waals surface area contributed by atoms with Gasteiger partial charge in [-0.2, -0.15) is 10.4 Å². The van der Waals surface area contributed by atoms with Crippen LogP contribution in [0.3, 0.4) is 0 Å². The highest BCUT2D eigenvalue weighted by molar-refractivity contribution is 6.31. The Hall–Kier alpha value is -2.51. The van der Waals surface area contributed by atoms with Gasteiger partial charge in [0.15, 0.2) is 6.61 Å². The molecule has 0 fully saturated rings. The molecule has 0 aromatic heterocycles. The molecule has 0 saturated heterocycles. The lowest BCUT2D eigenvalue weighted by Gasteiger charge is -2.03. The van der Waals surface area contributed by atoms with Crippen molar-refractivity contribution in [3.05, 3.63) is 58.6 Å². The molecule has 0 aliphatic heterocycles. The second kappa shape index (κ2) is 7.32. The van der Waals surface area contributed by atoms with Crippen molar-refractivity contribution in [3.63, 3.8) is 0 Å². The minimum Gasteiger partial charge on any atom is -0.479 e. The van der Waals surface area contributed by atoms with Crippen LogP contribution >= 0.6 is 11.6 Å². The van der Waals surface area contributed by atoms with Crippen molar-refractivity contribution in [2.75, 3.05) is 12.0 Å². The molecule has 21 heavy (non-hydrogen) atoms. The number of hydrazone groups is 1. The van der Waals surface area contributed by atoms with E-state index in [2.05, 4.69) is 10.5 Å². The summed E-state index contributed by atoms with van der Waals surface area (Å²) >= 11 is 6.04. The van der Waals surface area contributed by atoms with Gasteiger partial charge >= 0.3 is 0 Å². The molecule has 0 bridgehead atoms. The SMILES string of the molecule is Cc1ccc(N/N=C\c2ccc(OCC#N)cc2)cc1Cl. The van der Waals surface area contributed by atoms with Gasteiger partial charge in [-0.25, -0.2) is 0 Å². The fraction of sp³-hybridized carbons (Fsp3) is 0.125. The summed E-state index contributed by atoms with van der Waals surface area (Å²) < 4.78 is 5.17. The summed E-state index contributed by atoms with van der Waals surface area (Å²) in [6.45, 7) is 1.99. The van der Waals surface area contributed by atoms with Crippen molar-refractivity contribution in [1.29, 1.82) is 5.26 Å². The zero-order valence-corrected chi connectivity index (χ0v) is 12.3. The molecule has 0 aliphatic rings. The number of hydrogen-bond donors (Lipinski definition) is 1. The number of anilines is 1. The molecular formula is C16H14ClN3O. The lowest BCUT2D eigenvalue weighted by Crippen LogP contribution is -1.94. The van der Waals surface area contributed by atoms with Gasteiger partial charge in [0.2, 0.25) is 0 Å². The topological polar surface area (TPSA) is 57.4 Å². The Bertz CT molecular complexity index is 675. The molecule has 2 rings (SSSR count). The Kier molecular flexibility index (Phi) is 5.19. The first-order chi connectivity index (χ1) is 10.2. The Morgan fingerprint density at radius 1 is 1.29 bits per heavy atom. The van der Waals surface area contributed by atoms with Crippen LogP contribution < -0.4 is 10.2 Å². The molecule has 2 aromatic carbocycles. The van der Waals surface area contributed by atoms with Crippen LogP contribution in [0.4, 0.5) is 5.69 Å². The maximum atomic E-state index is 8.43. The molecule has 2 aromatic rings. The molecule has 0 radical (unpaired) electrons. The Labute approximate surface area is 128 Å². The third-order valence-electron chi connectivity index (χ3n) is 2.76. The lowest BCUT2D eigenvalue weighted by atomic mass is 10.2. The fourth-order valence-corrected chi connectivity index (χ4v) is 1.79. The molecule has 0 unspecified atom stereocenters. The summed E-state index contributed by atoms with van der Waals surface area (Å²) in [5, 5.41) is 13.3. The van der Waals surface area contributed by atoms with Gasteiger partial charge in [-0.15, -0.1) is 0 Å². The van der Waals surface area contributed by atoms with Gasteiger partial charge in [-0.1, -0.05) is 17.7 Å². The van der Waals surface area contributed by atoms with Crippen molar-refractivity contribution >= 4 is 23.5 Å². The highest BCUT2D eigenvalue weighted by Crippen LogP contribution is 2.19. The molecule has 0 spiro atoms. The summed E-state index contributed by atoms with van der Waals surface area (Å²) in [7, 11) is 0. The number of aryl methyl sites for hydroxylation is 1. The van der Waals surface area contributed by atoms with Crippen LogP contribution in [-0.4, -0.2) is 12.8 Å². The van der Waals surface area contributed by atoms with E-state index >= 15 is 0 Å². The number of ether oxygens (including phenoxy) is 1. The summed E-state index contributed by atoms with van der Waals surface area (Å²) in [6.07, 6.45) is 1.70. The van der Waals surface area contributed by atoms with Crippen LogP contribution in [0.15, 0.2) is 47.6 Å². The predicted molar refractivity (Wildman–Crippen MR) is 85.0 cm³/mol. The van der Waals surface area contributed by atoms with E-state index in [4.69, 9.17) is 21.6 Å². The van der Waals surface area contributed by atoms with Crippen LogP contribution in [0.1, 0.15) is 11.1 Å². The summed E-state index contributed by atoms with van der Waals surface area (Å²) in [5.41, 5.74) is 5.70. The summed E-state index contributed by atoms with van der Waals surface area (Å²) in [5.74, 6) is 0.659. The number of hydrogen-bond acceptors (Lipinski definition) is 4. The van der Waals surface area contributed by atoms with Crippen LogP contribution in [0.5, 0.6) is 5.75 Å². The third kappa shape index (κ3) is 4.51. The van der Waals surface area contributed by atoms with Crippen LogP contribution in [0.25, 0.3) is 0 Å². The van der Waals surface area contributed by atoms with Crippen LogP contribution in [0, 0.1) is 18.3 Å². The molecule has 0 amide bonds. The number of nitrogens with zero attached hydrogens (tertiary/aromatic N) is 2. The number of nitriles is 1. The van der Waals surface area contributed by atoms with Crippen molar-refractivity contribution < 1.29 is 4.74 Å². The molecule has 4 nitrogen and oxygen atoms in total. The predicted octanol–water partition coefficient (Wildman–Crippen LogP) is 4.00. The third-order valence-corrected chi connectivity index (χ3v) is 3.17. The highest BCUT2D eigenvalue weighted by atomic mass is 35.5. The van der Waals surface area contributed by atoms with Crippen molar-refractivity contribution in [1.82, 2.24) is 0 Å². The second-order valence-corrected chi connectivity index (χ2v) is 4.76. The molecular weight excluding hydrogens is 286 g/mol. The average Bonchev–Trinajstić information content (AvgIpc) is 2.50. The fourth-order valence-electron chi connectivity index (χ4n) is 1.61.